The molecule has 1 saturated heterocycles. The molecule has 2 aromatic rings. The van der Waals surface area contributed by atoms with Crippen LogP contribution in [0, 0.1) is 0 Å². The van der Waals surface area contributed by atoms with Crippen LogP contribution in [-0.2, 0) is 0 Å². The average Bonchev–Trinajstić information content (AvgIpc) is 3.09. The van der Waals surface area contributed by atoms with E-state index in [0.717, 1.165) is 11.3 Å². The number of nitrogens with zero attached hydrogens (tertiary/aromatic N) is 1. The van der Waals surface area contributed by atoms with Crippen LogP contribution in [0.25, 0.3) is 0 Å². The van der Waals surface area contributed by atoms with Crippen molar-refractivity contribution >= 4 is 40.9 Å². The normalized spacial score (nSPS) is 18.5. The first-order valence-electron chi connectivity index (χ1n) is 6.08. The van der Waals surface area contributed by atoms with Crippen molar-refractivity contribution < 1.29 is 9.21 Å². The molecule has 20 heavy (non-hydrogen) atoms. The Morgan fingerprint density at radius 2 is 2.20 bits per heavy atom. The maximum atomic E-state index is 12.4. The van der Waals surface area contributed by atoms with E-state index in [9.17, 15) is 4.79 Å². The number of thioether (sulfide) groups is 1. The van der Waals surface area contributed by atoms with Gasteiger partial charge in [-0.25, -0.2) is 0 Å². The van der Waals surface area contributed by atoms with Crippen molar-refractivity contribution in [3.8, 4) is 0 Å². The molecule has 0 aliphatic carbocycles. The van der Waals surface area contributed by atoms with Gasteiger partial charge in [-0.1, -0.05) is 29.3 Å². The summed E-state index contributed by atoms with van der Waals surface area (Å²) in [5.41, 5.74) is 0.901. The molecule has 0 radical (unpaired) electrons. The highest BCUT2D eigenvalue weighted by molar-refractivity contribution is 7.99. The number of carbonyl (C=O) groups is 1. The fourth-order valence-electron chi connectivity index (χ4n) is 2.18. The molecule has 2 heterocycles. The van der Waals surface area contributed by atoms with Gasteiger partial charge in [0.25, 0.3) is 5.91 Å². The van der Waals surface area contributed by atoms with Gasteiger partial charge in [0, 0.05) is 27.9 Å². The number of furan rings is 1. The van der Waals surface area contributed by atoms with Crippen LogP contribution in [0.3, 0.4) is 0 Å². The zero-order chi connectivity index (χ0) is 14.1. The molecule has 1 amide bonds. The fourth-order valence-corrected chi connectivity index (χ4v) is 4.05. The standard InChI is InChI=1S/C14H11Cl2NO2S/c15-9-3-4-10(11(16)8-9)14-17(5-7-20-14)13(18)12-2-1-6-19-12/h1-4,6,8,14H,5,7H2/t14-/m0/s1. The summed E-state index contributed by atoms with van der Waals surface area (Å²) in [5, 5.41) is 1.07. The van der Waals surface area contributed by atoms with Crippen LogP contribution in [0.5, 0.6) is 0 Å². The monoisotopic (exact) mass is 327 g/mol. The molecule has 0 N–H and O–H groups in total. The number of benzene rings is 1. The lowest BCUT2D eigenvalue weighted by molar-refractivity contribution is 0.0728. The minimum atomic E-state index is -0.115. The summed E-state index contributed by atoms with van der Waals surface area (Å²) >= 11 is 13.8. The van der Waals surface area contributed by atoms with Crippen molar-refractivity contribution in [3.63, 3.8) is 0 Å². The fraction of sp³-hybridized carbons (Fsp3) is 0.214. The summed E-state index contributed by atoms with van der Waals surface area (Å²) in [4.78, 5) is 14.2. The van der Waals surface area contributed by atoms with Crippen molar-refractivity contribution in [3.05, 3.63) is 58.0 Å². The Bertz CT molecular complexity index is 630. The van der Waals surface area contributed by atoms with Gasteiger partial charge in [0.15, 0.2) is 5.76 Å². The van der Waals surface area contributed by atoms with Gasteiger partial charge in [0.2, 0.25) is 0 Å². The van der Waals surface area contributed by atoms with Crippen LogP contribution in [0.2, 0.25) is 10.0 Å². The molecule has 1 aromatic heterocycles. The Morgan fingerprint density at radius 1 is 1.35 bits per heavy atom. The lowest BCUT2D eigenvalue weighted by atomic mass is 10.2. The molecule has 1 aromatic carbocycles. The summed E-state index contributed by atoms with van der Waals surface area (Å²) in [6, 6.07) is 8.74. The molecule has 104 valence electrons. The van der Waals surface area contributed by atoms with Gasteiger partial charge < -0.3 is 9.32 Å². The first-order valence-corrected chi connectivity index (χ1v) is 7.88. The van der Waals surface area contributed by atoms with Gasteiger partial charge in [-0.05, 0) is 24.3 Å². The van der Waals surface area contributed by atoms with Gasteiger partial charge in [-0.15, -0.1) is 11.8 Å². The number of hydrogen-bond acceptors (Lipinski definition) is 3. The van der Waals surface area contributed by atoms with Crippen molar-refractivity contribution in [2.45, 2.75) is 5.37 Å². The van der Waals surface area contributed by atoms with Crippen molar-refractivity contribution in [1.29, 1.82) is 0 Å². The molecule has 6 heteroatoms. The zero-order valence-electron chi connectivity index (χ0n) is 10.4. The minimum Gasteiger partial charge on any atom is -0.459 e. The highest BCUT2D eigenvalue weighted by Crippen LogP contribution is 2.42. The average molecular weight is 328 g/mol. The van der Waals surface area contributed by atoms with Crippen LogP contribution in [-0.4, -0.2) is 23.1 Å². The molecule has 1 aliphatic heterocycles. The molecule has 3 rings (SSSR count). The van der Waals surface area contributed by atoms with Crippen molar-refractivity contribution in [2.24, 2.45) is 0 Å². The number of halogens is 2. The van der Waals surface area contributed by atoms with Gasteiger partial charge >= 0.3 is 0 Å². The maximum Gasteiger partial charge on any atom is 0.290 e. The second-order valence-electron chi connectivity index (χ2n) is 4.36. The van der Waals surface area contributed by atoms with E-state index >= 15 is 0 Å². The quantitative estimate of drug-likeness (QED) is 0.815. The zero-order valence-corrected chi connectivity index (χ0v) is 12.7. The molecule has 0 saturated carbocycles. The summed E-state index contributed by atoms with van der Waals surface area (Å²) in [6.45, 7) is 0.674. The SMILES string of the molecule is O=C(c1ccco1)N1CCS[C@H]1c1ccc(Cl)cc1Cl. The topological polar surface area (TPSA) is 33.5 Å². The van der Waals surface area contributed by atoms with E-state index in [2.05, 4.69) is 0 Å². The number of amides is 1. The second-order valence-corrected chi connectivity index (χ2v) is 6.40. The van der Waals surface area contributed by atoms with Crippen LogP contribution >= 0.6 is 35.0 Å². The lowest BCUT2D eigenvalue weighted by Gasteiger charge is -2.24. The molecule has 1 atom stereocenters. The Kier molecular flexibility index (Phi) is 3.96. The number of rotatable bonds is 2. The second kappa shape index (κ2) is 5.72. The van der Waals surface area contributed by atoms with Crippen molar-refractivity contribution in [2.75, 3.05) is 12.3 Å². The van der Waals surface area contributed by atoms with E-state index in [1.54, 1.807) is 40.9 Å². The molecule has 1 fully saturated rings. The third kappa shape index (κ3) is 2.55. The molecular formula is C14H11Cl2NO2S. The predicted octanol–water partition coefficient (Wildman–Crippen LogP) is 4.47. The molecule has 1 aliphatic rings. The van der Waals surface area contributed by atoms with Crippen LogP contribution < -0.4 is 0 Å². The van der Waals surface area contributed by atoms with E-state index < -0.39 is 0 Å². The van der Waals surface area contributed by atoms with E-state index in [1.807, 2.05) is 6.07 Å². The van der Waals surface area contributed by atoms with Gasteiger partial charge in [-0.2, -0.15) is 0 Å². The van der Waals surface area contributed by atoms with Crippen molar-refractivity contribution in [1.82, 2.24) is 4.90 Å². The first-order chi connectivity index (χ1) is 9.66. The Hall–Kier alpha value is -1.10. The lowest BCUT2D eigenvalue weighted by Crippen LogP contribution is -2.30. The largest absolute Gasteiger partial charge is 0.459 e. The van der Waals surface area contributed by atoms with E-state index in [4.69, 9.17) is 27.6 Å². The number of carbonyl (C=O) groups excluding carboxylic acids is 1. The van der Waals surface area contributed by atoms with Crippen LogP contribution in [0.15, 0.2) is 41.0 Å². The minimum absolute atomic E-state index is 0.0997. The molecular weight excluding hydrogens is 317 g/mol. The van der Waals surface area contributed by atoms with E-state index in [-0.39, 0.29) is 11.3 Å². The highest BCUT2D eigenvalue weighted by Gasteiger charge is 2.33. The first kappa shape index (κ1) is 13.9. The molecule has 0 spiro atoms. The summed E-state index contributed by atoms with van der Waals surface area (Å²) in [5.74, 6) is 1.11. The summed E-state index contributed by atoms with van der Waals surface area (Å²) < 4.78 is 5.19. The summed E-state index contributed by atoms with van der Waals surface area (Å²) in [6.07, 6.45) is 1.50. The molecule has 0 unspecified atom stereocenters. The van der Waals surface area contributed by atoms with Crippen LogP contribution in [0.4, 0.5) is 0 Å². The third-order valence-corrected chi connectivity index (χ3v) is 4.92. The highest BCUT2D eigenvalue weighted by atomic mass is 35.5. The van der Waals surface area contributed by atoms with E-state index in [1.165, 1.54) is 6.26 Å². The predicted molar refractivity (Wildman–Crippen MR) is 81.4 cm³/mol. The molecule has 0 bridgehead atoms. The number of hydrogen-bond donors (Lipinski definition) is 0. The maximum absolute atomic E-state index is 12.4. The van der Waals surface area contributed by atoms with Gasteiger partial charge in [0.1, 0.15) is 5.37 Å². The van der Waals surface area contributed by atoms with E-state index in [0.29, 0.717) is 22.4 Å². The summed E-state index contributed by atoms with van der Waals surface area (Å²) in [7, 11) is 0. The van der Waals surface area contributed by atoms with Gasteiger partial charge in [-0.3, -0.25) is 4.79 Å². The van der Waals surface area contributed by atoms with Crippen LogP contribution in [0.1, 0.15) is 21.5 Å². The molecule has 3 nitrogen and oxygen atoms in total. The Balaban J connectivity index is 1.91. The smallest absolute Gasteiger partial charge is 0.290 e. The Morgan fingerprint density at radius 3 is 2.90 bits per heavy atom. The Labute approximate surface area is 130 Å². The third-order valence-electron chi connectivity index (χ3n) is 3.11. The van der Waals surface area contributed by atoms with Gasteiger partial charge in [0.05, 0.1) is 6.26 Å².